The fourth-order valence-electron chi connectivity index (χ4n) is 4.21. The summed E-state index contributed by atoms with van der Waals surface area (Å²) in [5.74, 6) is -0.306. The summed E-state index contributed by atoms with van der Waals surface area (Å²) in [6, 6.07) is 17.1. The number of fused-ring (bicyclic) bond motifs is 1. The van der Waals surface area contributed by atoms with Crippen molar-refractivity contribution < 1.29 is 19.1 Å². The van der Waals surface area contributed by atoms with Crippen LogP contribution in [0.2, 0.25) is 0 Å². The molecule has 0 bridgehead atoms. The van der Waals surface area contributed by atoms with Crippen molar-refractivity contribution in [2.45, 2.75) is 19.3 Å². The Morgan fingerprint density at radius 3 is 2.35 bits per heavy atom. The molecule has 0 unspecified atom stereocenters. The fourth-order valence-corrected chi connectivity index (χ4v) is 4.21. The number of para-hydroxylation sites is 2. The number of nitriles is 1. The van der Waals surface area contributed by atoms with Gasteiger partial charge in [-0.1, -0.05) is 24.3 Å². The van der Waals surface area contributed by atoms with Crippen LogP contribution in [0, 0.1) is 11.3 Å². The number of rotatable bonds is 8. The van der Waals surface area contributed by atoms with Crippen LogP contribution in [0.25, 0.3) is 11.0 Å². The second-order valence-corrected chi connectivity index (χ2v) is 8.55. The van der Waals surface area contributed by atoms with Crippen molar-refractivity contribution >= 4 is 28.9 Å². The molecular weight excluding hydrogens is 472 g/mol. The van der Waals surface area contributed by atoms with Gasteiger partial charge in [0.05, 0.1) is 30.8 Å². The summed E-state index contributed by atoms with van der Waals surface area (Å²) in [7, 11) is 1.61. The van der Waals surface area contributed by atoms with Crippen LogP contribution in [0.3, 0.4) is 0 Å². The number of aromatic nitrogens is 2. The zero-order chi connectivity index (χ0) is 26.2. The molecule has 1 aromatic heterocycles. The number of piperazine rings is 1. The summed E-state index contributed by atoms with van der Waals surface area (Å²) in [6.07, 6.45) is 0.262. The number of methoxy groups -OCH3 is 1. The van der Waals surface area contributed by atoms with Gasteiger partial charge in [0.1, 0.15) is 11.4 Å². The third-order valence-electron chi connectivity index (χ3n) is 6.22. The first kappa shape index (κ1) is 25.7. The van der Waals surface area contributed by atoms with Crippen molar-refractivity contribution in [2.24, 2.45) is 0 Å². The van der Waals surface area contributed by atoms with Gasteiger partial charge in [-0.15, -0.1) is 0 Å². The summed E-state index contributed by atoms with van der Waals surface area (Å²) >= 11 is 0. The number of carbonyl (C=O) groups is 2. The molecule has 0 radical (unpaired) electrons. The van der Waals surface area contributed by atoms with E-state index in [9.17, 15) is 14.9 Å². The van der Waals surface area contributed by atoms with Crippen LogP contribution >= 0.6 is 0 Å². The number of carbonyl (C=O) groups excluding carboxylic acids is 2. The maximum absolute atomic E-state index is 13.1. The highest BCUT2D eigenvalue weighted by molar-refractivity contribution is 5.89. The minimum atomic E-state index is -1.13. The lowest BCUT2D eigenvalue weighted by Crippen LogP contribution is -2.49. The standard InChI is InChI=1S/C27H30N6O4/c1-3-37-27(35)33-16-14-32(15-17-33)25-24(30-22-6-4-5-7-23(22)31-25)21(18-28)26(34)29-13-12-19-8-10-20(36-2)11-9-19/h4-11,21H,3,12-17H2,1-2H3,(H,29,34)/t21-/m0/s1. The minimum Gasteiger partial charge on any atom is -0.497 e. The molecule has 2 aromatic carbocycles. The van der Waals surface area contributed by atoms with Crippen LogP contribution in [-0.2, 0) is 16.0 Å². The molecule has 4 rings (SSSR count). The molecule has 2 heterocycles. The topological polar surface area (TPSA) is 121 Å². The Labute approximate surface area is 215 Å². The van der Waals surface area contributed by atoms with E-state index in [-0.39, 0.29) is 6.09 Å². The highest BCUT2D eigenvalue weighted by Crippen LogP contribution is 2.28. The quantitative estimate of drug-likeness (QED) is 0.499. The lowest BCUT2D eigenvalue weighted by molar-refractivity contribution is -0.121. The maximum Gasteiger partial charge on any atom is 0.409 e. The number of benzene rings is 2. The molecule has 0 aliphatic carbocycles. The molecular formula is C27H30N6O4. The number of anilines is 1. The number of nitrogens with one attached hydrogen (secondary N) is 1. The van der Waals surface area contributed by atoms with E-state index >= 15 is 0 Å². The predicted molar refractivity (Wildman–Crippen MR) is 138 cm³/mol. The molecule has 10 heteroatoms. The Kier molecular flexibility index (Phi) is 8.36. The van der Waals surface area contributed by atoms with E-state index in [4.69, 9.17) is 19.4 Å². The first-order valence-electron chi connectivity index (χ1n) is 12.3. The normalized spacial score (nSPS) is 14.1. The monoisotopic (exact) mass is 502 g/mol. The summed E-state index contributed by atoms with van der Waals surface area (Å²) < 4.78 is 10.3. The second-order valence-electron chi connectivity index (χ2n) is 8.55. The molecule has 0 saturated carbocycles. The van der Waals surface area contributed by atoms with Crippen molar-refractivity contribution in [3.8, 4) is 11.8 Å². The minimum absolute atomic E-state index is 0.313. The molecule has 1 N–H and O–H groups in total. The van der Waals surface area contributed by atoms with Crippen molar-refractivity contribution in [3.05, 3.63) is 59.8 Å². The average Bonchev–Trinajstić information content (AvgIpc) is 2.93. The first-order valence-corrected chi connectivity index (χ1v) is 12.3. The van der Waals surface area contributed by atoms with Gasteiger partial charge in [-0.3, -0.25) is 4.79 Å². The predicted octanol–water partition coefficient (Wildman–Crippen LogP) is 2.88. The number of hydrogen-bond donors (Lipinski definition) is 1. The average molecular weight is 503 g/mol. The molecule has 1 aliphatic heterocycles. The lowest BCUT2D eigenvalue weighted by Gasteiger charge is -2.35. The summed E-state index contributed by atoms with van der Waals surface area (Å²) in [5.41, 5.74) is 2.64. The number of ether oxygens (including phenoxy) is 2. The van der Waals surface area contributed by atoms with Gasteiger partial charge in [-0.2, -0.15) is 5.26 Å². The largest absolute Gasteiger partial charge is 0.497 e. The molecule has 0 spiro atoms. The molecule has 1 atom stereocenters. The molecule has 1 saturated heterocycles. The van der Waals surface area contributed by atoms with Crippen LogP contribution in [0.1, 0.15) is 24.1 Å². The van der Waals surface area contributed by atoms with E-state index in [1.807, 2.05) is 53.4 Å². The van der Waals surface area contributed by atoms with Crippen LogP contribution in [0.4, 0.5) is 10.6 Å². The number of hydrogen-bond acceptors (Lipinski definition) is 8. The zero-order valence-electron chi connectivity index (χ0n) is 21.0. The third kappa shape index (κ3) is 6.06. The molecule has 2 amide bonds. The fraction of sp³-hybridized carbons (Fsp3) is 0.370. The Hall–Kier alpha value is -4.39. The van der Waals surface area contributed by atoms with Crippen LogP contribution in [0.5, 0.6) is 5.75 Å². The van der Waals surface area contributed by atoms with Gasteiger partial charge in [0, 0.05) is 32.7 Å². The van der Waals surface area contributed by atoms with Crippen LogP contribution in [-0.4, -0.2) is 73.3 Å². The van der Waals surface area contributed by atoms with Crippen LogP contribution < -0.4 is 15.0 Å². The zero-order valence-corrected chi connectivity index (χ0v) is 21.0. The summed E-state index contributed by atoms with van der Waals surface area (Å²) in [5, 5.41) is 12.9. The third-order valence-corrected chi connectivity index (χ3v) is 6.22. The van der Waals surface area contributed by atoms with Gasteiger partial charge in [0.2, 0.25) is 5.91 Å². The molecule has 1 aliphatic rings. The number of amides is 2. The summed E-state index contributed by atoms with van der Waals surface area (Å²) in [4.78, 5) is 38.4. The van der Waals surface area contributed by atoms with Gasteiger partial charge in [0.15, 0.2) is 11.7 Å². The van der Waals surface area contributed by atoms with E-state index in [2.05, 4.69) is 11.4 Å². The summed E-state index contributed by atoms with van der Waals surface area (Å²) in [6.45, 7) is 4.31. The highest BCUT2D eigenvalue weighted by Gasteiger charge is 2.31. The van der Waals surface area contributed by atoms with Gasteiger partial charge < -0.3 is 24.6 Å². The molecule has 1 fully saturated rings. The van der Waals surface area contributed by atoms with Gasteiger partial charge >= 0.3 is 6.09 Å². The van der Waals surface area contributed by atoms with E-state index in [1.165, 1.54) is 0 Å². The second kappa shape index (κ2) is 12.0. The van der Waals surface area contributed by atoms with Crippen molar-refractivity contribution in [1.82, 2.24) is 20.2 Å². The molecule has 192 valence electrons. The Bertz CT molecular complexity index is 1280. The first-order chi connectivity index (χ1) is 18.0. The highest BCUT2D eigenvalue weighted by atomic mass is 16.6. The van der Waals surface area contributed by atoms with Crippen LogP contribution in [0.15, 0.2) is 48.5 Å². The molecule has 3 aromatic rings. The van der Waals surface area contributed by atoms with Gasteiger partial charge in [-0.25, -0.2) is 14.8 Å². The van der Waals surface area contributed by atoms with Gasteiger partial charge in [-0.05, 0) is 43.2 Å². The van der Waals surface area contributed by atoms with E-state index in [0.717, 1.165) is 11.3 Å². The Balaban J connectivity index is 1.52. The Morgan fingerprint density at radius 2 is 1.73 bits per heavy atom. The number of nitrogens with zero attached hydrogens (tertiary/aromatic N) is 5. The Morgan fingerprint density at radius 1 is 1.05 bits per heavy atom. The molecule has 37 heavy (non-hydrogen) atoms. The van der Waals surface area contributed by atoms with Crippen molar-refractivity contribution in [1.29, 1.82) is 5.26 Å². The van der Waals surface area contributed by atoms with E-state index in [0.29, 0.717) is 68.3 Å². The SMILES string of the molecule is CCOC(=O)N1CCN(c2nc3ccccc3nc2[C@H](C#N)C(=O)NCCc2ccc(OC)cc2)CC1. The van der Waals surface area contributed by atoms with Gasteiger partial charge in [0.25, 0.3) is 0 Å². The van der Waals surface area contributed by atoms with E-state index < -0.39 is 11.8 Å². The lowest BCUT2D eigenvalue weighted by atomic mass is 10.0. The van der Waals surface area contributed by atoms with E-state index in [1.54, 1.807) is 18.9 Å². The van der Waals surface area contributed by atoms with Crippen molar-refractivity contribution in [2.75, 3.05) is 51.3 Å². The smallest absolute Gasteiger partial charge is 0.409 e. The maximum atomic E-state index is 13.1. The molecule has 10 nitrogen and oxygen atoms in total. The van der Waals surface area contributed by atoms with Crippen molar-refractivity contribution in [3.63, 3.8) is 0 Å².